The van der Waals surface area contributed by atoms with Crippen molar-refractivity contribution < 1.29 is 19.5 Å². The maximum Gasteiger partial charge on any atom is 0.306 e. The molecule has 1 saturated carbocycles. The normalized spacial score (nSPS) is 20.6. The number of aliphatic carboxylic acids is 1. The Kier molecular flexibility index (Phi) is 5.75. The summed E-state index contributed by atoms with van der Waals surface area (Å²) in [6.45, 7) is 5.57. The number of ketones is 1. The summed E-state index contributed by atoms with van der Waals surface area (Å²) in [6.07, 6.45) is 2.92. The molecule has 0 aromatic carbocycles. The predicted octanol–water partition coefficient (Wildman–Crippen LogP) is 1.85. The average molecular weight is 335 g/mol. The van der Waals surface area contributed by atoms with E-state index in [9.17, 15) is 14.4 Å². The van der Waals surface area contributed by atoms with Crippen molar-refractivity contribution in [3.05, 3.63) is 17.0 Å². The Bertz CT molecular complexity index is 643. The lowest BCUT2D eigenvalue weighted by Crippen LogP contribution is -2.39. The summed E-state index contributed by atoms with van der Waals surface area (Å²) in [5.41, 5.74) is 2.10. The van der Waals surface area contributed by atoms with E-state index in [4.69, 9.17) is 5.11 Å². The maximum absolute atomic E-state index is 12.1. The van der Waals surface area contributed by atoms with Crippen LogP contribution in [0.1, 0.15) is 60.8 Å². The van der Waals surface area contributed by atoms with Crippen molar-refractivity contribution in [3.63, 3.8) is 0 Å². The SMILES string of the molecule is CC(=O)c1c(C)nn(CCC(=O)NC2CCC(C(=O)O)CC2)c1C. The van der Waals surface area contributed by atoms with Gasteiger partial charge in [0.1, 0.15) is 0 Å². The van der Waals surface area contributed by atoms with Crippen molar-refractivity contribution >= 4 is 17.7 Å². The summed E-state index contributed by atoms with van der Waals surface area (Å²) < 4.78 is 1.70. The van der Waals surface area contributed by atoms with Crippen LogP contribution >= 0.6 is 0 Å². The highest BCUT2D eigenvalue weighted by atomic mass is 16.4. The number of Topliss-reactive ketones (excluding diaryl/α,β-unsaturated/α-hetero) is 1. The molecule has 0 spiro atoms. The van der Waals surface area contributed by atoms with Crippen LogP contribution in [0.25, 0.3) is 0 Å². The molecule has 1 amide bonds. The zero-order valence-electron chi connectivity index (χ0n) is 14.5. The fourth-order valence-electron chi connectivity index (χ4n) is 3.42. The quantitative estimate of drug-likeness (QED) is 0.773. The molecule has 1 heterocycles. The Balaban J connectivity index is 1.83. The Morgan fingerprint density at radius 1 is 1.21 bits per heavy atom. The van der Waals surface area contributed by atoms with E-state index in [1.54, 1.807) is 11.6 Å². The fourth-order valence-corrected chi connectivity index (χ4v) is 3.42. The van der Waals surface area contributed by atoms with Gasteiger partial charge >= 0.3 is 5.97 Å². The molecule has 2 rings (SSSR count). The molecule has 0 radical (unpaired) electrons. The van der Waals surface area contributed by atoms with Crippen LogP contribution in [0.5, 0.6) is 0 Å². The third-order valence-corrected chi connectivity index (χ3v) is 4.73. The van der Waals surface area contributed by atoms with Crippen LogP contribution in [0.2, 0.25) is 0 Å². The molecule has 7 nitrogen and oxygen atoms in total. The number of aryl methyl sites for hydroxylation is 2. The van der Waals surface area contributed by atoms with Gasteiger partial charge in [0, 0.05) is 24.7 Å². The monoisotopic (exact) mass is 335 g/mol. The van der Waals surface area contributed by atoms with Gasteiger partial charge in [0.15, 0.2) is 5.78 Å². The lowest BCUT2D eigenvalue weighted by molar-refractivity contribution is -0.142. The summed E-state index contributed by atoms with van der Waals surface area (Å²) in [7, 11) is 0. The molecule has 24 heavy (non-hydrogen) atoms. The highest BCUT2D eigenvalue weighted by molar-refractivity contribution is 5.96. The van der Waals surface area contributed by atoms with E-state index >= 15 is 0 Å². The van der Waals surface area contributed by atoms with Gasteiger partial charge in [-0.25, -0.2) is 0 Å². The number of carbonyl (C=O) groups excluding carboxylic acids is 2. The van der Waals surface area contributed by atoms with Gasteiger partial charge in [-0.3, -0.25) is 19.1 Å². The van der Waals surface area contributed by atoms with E-state index in [1.807, 2.05) is 6.92 Å². The molecule has 1 aliphatic carbocycles. The Morgan fingerprint density at radius 2 is 1.83 bits per heavy atom. The largest absolute Gasteiger partial charge is 0.481 e. The number of nitrogens with one attached hydrogen (secondary N) is 1. The Hall–Kier alpha value is -2.18. The molecule has 132 valence electrons. The summed E-state index contributed by atoms with van der Waals surface area (Å²) in [5, 5.41) is 16.3. The van der Waals surface area contributed by atoms with Gasteiger partial charge in [0.2, 0.25) is 5.91 Å². The van der Waals surface area contributed by atoms with Crippen molar-refractivity contribution in [2.24, 2.45) is 5.92 Å². The van der Waals surface area contributed by atoms with Gasteiger partial charge in [-0.1, -0.05) is 0 Å². The third kappa shape index (κ3) is 4.21. The molecule has 2 N–H and O–H groups in total. The fraction of sp³-hybridized carbons (Fsp3) is 0.647. The second-order valence-electron chi connectivity index (χ2n) is 6.53. The highest BCUT2D eigenvalue weighted by Crippen LogP contribution is 2.24. The first-order chi connectivity index (χ1) is 11.3. The minimum Gasteiger partial charge on any atom is -0.481 e. The lowest BCUT2D eigenvalue weighted by Gasteiger charge is -2.26. The smallest absolute Gasteiger partial charge is 0.306 e. The summed E-state index contributed by atoms with van der Waals surface area (Å²) in [5.74, 6) is -1.11. The number of amides is 1. The van der Waals surface area contributed by atoms with Crippen molar-refractivity contribution in [3.8, 4) is 0 Å². The van der Waals surface area contributed by atoms with E-state index < -0.39 is 5.97 Å². The Labute approximate surface area is 141 Å². The van der Waals surface area contributed by atoms with Crippen LogP contribution in [0.4, 0.5) is 0 Å². The number of rotatable bonds is 6. The molecule has 1 aromatic heterocycles. The summed E-state index contributed by atoms with van der Waals surface area (Å²) >= 11 is 0. The van der Waals surface area contributed by atoms with E-state index in [0.717, 1.165) is 5.69 Å². The van der Waals surface area contributed by atoms with E-state index in [-0.39, 0.29) is 30.1 Å². The van der Waals surface area contributed by atoms with Crippen LogP contribution < -0.4 is 5.32 Å². The minimum absolute atomic E-state index is 0.0177. The zero-order chi connectivity index (χ0) is 17.9. The van der Waals surface area contributed by atoms with Crippen molar-refractivity contribution in [2.75, 3.05) is 0 Å². The molecule has 1 fully saturated rings. The predicted molar refractivity (Wildman–Crippen MR) is 87.8 cm³/mol. The van der Waals surface area contributed by atoms with Gasteiger partial charge in [-0.05, 0) is 46.5 Å². The number of hydrogen-bond acceptors (Lipinski definition) is 4. The number of carboxylic acid groups (broad SMARTS) is 1. The van der Waals surface area contributed by atoms with Crippen LogP contribution in [0.3, 0.4) is 0 Å². The summed E-state index contributed by atoms with van der Waals surface area (Å²) in [4.78, 5) is 34.6. The van der Waals surface area contributed by atoms with Crippen LogP contribution in [0, 0.1) is 19.8 Å². The molecule has 0 saturated heterocycles. The number of aromatic nitrogens is 2. The molecule has 1 aromatic rings. The number of carbonyl (C=O) groups is 3. The molecular formula is C17H25N3O4. The zero-order valence-corrected chi connectivity index (χ0v) is 14.5. The van der Waals surface area contributed by atoms with Gasteiger partial charge in [0.25, 0.3) is 0 Å². The second kappa shape index (κ2) is 7.59. The topological polar surface area (TPSA) is 101 Å². The molecule has 0 atom stereocenters. The van der Waals surface area contributed by atoms with Crippen molar-refractivity contribution in [2.45, 2.75) is 65.5 Å². The van der Waals surface area contributed by atoms with E-state index in [0.29, 0.717) is 43.5 Å². The molecule has 1 aliphatic rings. The third-order valence-electron chi connectivity index (χ3n) is 4.73. The first kappa shape index (κ1) is 18.2. The number of nitrogens with zero attached hydrogens (tertiary/aromatic N) is 2. The molecule has 7 heteroatoms. The average Bonchev–Trinajstić information content (AvgIpc) is 2.80. The standard InChI is InChI=1S/C17H25N3O4/c1-10-16(12(3)21)11(2)20(19-10)9-8-15(22)18-14-6-4-13(5-7-14)17(23)24/h13-14H,4-9H2,1-3H3,(H,18,22)(H,23,24). The lowest BCUT2D eigenvalue weighted by atomic mass is 9.86. The van der Waals surface area contributed by atoms with E-state index in [1.165, 1.54) is 6.92 Å². The first-order valence-corrected chi connectivity index (χ1v) is 8.36. The van der Waals surface area contributed by atoms with E-state index in [2.05, 4.69) is 10.4 Å². The second-order valence-corrected chi connectivity index (χ2v) is 6.53. The van der Waals surface area contributed by atoms with Crippen LogP contribution in [0.15, 0.2) is 0 Å². The molecule has 0 unspecified atom stereocenters. The maximum atomic E-state index is 12.1. The Morgan fingerprint density at radius 3 is 2.33 bits per heavy atom. The van der Waals surface area contributed by atoms with Crippen molar-refractivity contribution in [1.82, 2.24) is 15.1 Å². The van der Waals surface area contributed by atoms with Gasteiger partial charge in [-0.2, -0.15) is 5.10 Å². The van der Waals surface area contributed by atoms with Crippen molar-refractivity contribution in [1.29, 1.82) is 0 Å². The van der Waals surface area contributed by atoms with Crippen LogP contribution in [-0.4, -0.2) is 38.6 Å². The molecular weight excluding hydrogens is 310 g/mol. The van der Waals surface area contributed by atoms with Gasteiger partial charge < -0.3 is 10.4 Å². The molecule has 0 bridgehead atoms. The highest BCUT2D eigenvalue weighted by Gasteiger charge is 2.26. The first-order valence-electron chi connectivity index (χ1n) is 8.36. The van der Waals surface area contributed by atoms with Gasteiger partial charge in [-0.15, -0.1) is 0 Å². The number of carboxylic acids is 1. The summed E-state index contributed by atoms with van der Waals surface area (Å²) in [6, 6.07) is 0.0568. The van der Waals surface area contributed by atoms with Gasteiger partial charge in [0.05, 0.1) is 17.2 Å². The molecule has 0 aliphatic heterocycles. The minimum atomic E-state index is -0.745. The number of hydrogen-bond donors (Lipinski definition) is 2. The van der Waals surface area contributed by atoms with Crippen LogP contribution in [-0.2, 0) is 16.1 Å².